The Hall–Kier alpha value is -3.66. The highest BCUT2D eigenvalue weighted by atomic mass is 32.1. The number of hydrogen-bond acceptors (Lipinski definition) is 6. The van der Waals surface area contributed by atoms with Crippen molar-refractivity contribution >= 4 is 34.3 Å². The number of benzene rings is 2. The van der Waals surface area contributed by atoms with Crippen molar-refractivity contribution in [2.45, 2.75) is 18.9 Å². The minimum Gasteiger partial charge on any atom is -0.469 e. The van der Waals surface area contributed by atoms with Crippen LogP contribution in [-0.4, -0.2) is 29.9 Å². The van der Waals surface area contributed by atoms with Crippen LogP contribution in [0.4, 0.5) is 13.9 Å². The number of carbonyl (C=O) groups is 3. The molecule has 0 bridgehead atoms. The second-order valence-corrected chi connectivity index (χ2v) is 7.56. The molecule has 0 saturated carbocycles. The Morgan fingerprint density at radius 1 is 1.09 bits per heavy atom. The van der Waals surface area contributed by atoms with Crippen molar-refractivity contribution in [3.8, 4) is 0 Å². The molecule has 1 heterocycles. The Kier molecular flexibility index (Phi) is 7.61. The molecular weight excluding hydrogens is 440 g/mol. The molecule has 0 aliphatic rings. The van der Waals surface area contributed by atoms with Crippen LogP contribution in [0.3, 0.4) is 0 Å². The highest BCUT2D eigenvalue weighted by molar-refractivity contribution is 7.14. The van der Waals surface area contributed by atoms with E-state index in [0.29, 0.717) is 11.3 Å². The lowest BCUT2D eigenvalue weighted by Crippen LogP contribution is -2.31. The molecule has 3 aromatic rings. The normalized spacial score (nSPS) is 11.5. The van der Waals surface area contributed by atoms with Gasteiger partial charge in [0, 0.05) is 5.38 Å². The summed E-state index contributed by atoms with van der Waals surface area (Å²) in [5, 5.41) is 7.01. The molecule has 3 rings (SSSR count). The maximum Gasteiger partial charge on any atom is 0.307 e. The minimum atomic E-state index is -0.714. The lowest BCUT2D eigenvalue weighted by molar-refractivity contribution is -0.141. The van der Waals surface area contributed by atoms with Crippen molar-refractivity contribution in [2.24, 2.45) is 0 Å². The van der Waals surface area contributed by atoms with Gasteiger partial charge < -0.3 is 10.1 Å². The van der Waals surface area contributed by atoms with E-state index in [2.05, 4.69) is 20.4 Å². The molecule has 2 amide bonds. The Bertz CT molecular complexity index is 1120. The first-order valence-electron chi connectivity index (χ1n) is 9.47. The topological polar surface area (TPSA) is 97.4 Å². The summed E-state index contributed by atoms with van der Waals surface area (Å²) < 4.78 is 31.6. The lowest BCUT2D eigenvalue weighted by Gasteiger charge is -2.18. The number of thiazole rings is 1. The number of amides is 2. The monoisotopic (exact) mass is 459 g/mol. The van der Waals surface area contributed by atoms with Gasteiger partial charge in [-0.25, -0.2) is 13.8 Å². The zero-order valence-electron chi connectivity index (χ0n) is 16.9. The Labute approximate surface area is 186 Å². The van der Waals surface area contributed by atoms with Gasteiger partial charge in [-0.3, -0.25) is 19.7 Å². The average molecular weight is 459 g/mol. The SMILES string of the molecule is COC(=O)CC(NC(=O)Cc1csc(NC(=O)c2ccccc2F)n1)c1ccc(F)cc1. The summed E-state index contributed by atoms with van der Waals surface area (Å²) in [7, 11) is 1.23. The number of hydrogen-bond donors (Lipinski definition) is 2. The number of esters is 1. The van der Waals surface area contributed by atoms with Gasteiger partial charge in [-0.05, 0) is 29.8 Å². The molecule has 32 heavy (non-hydrogen) atoms. The number of halogens is 2. The average Bonchev–Trinajstić information content (AvgIpc) is 3.20. The summed E-state index contributed by atoms with van der Waals surface area (Å²) in [6.07, 6.45) is -0.250. The first-order chi connectivity index (χ1) is 15.4. The van der Waals surface area contributed by atoms with E-state index in [9.17, 15) is 23.2 Å². The molecule has 7 nitrogen and oxygen atoms in total. The van der Waals surface area contributed by atoms with Crippen LogP contribution in [0.15, 0.2) is 53.9 Å². The fraction of sp³-hybridized carbons (Fsp3) is 0.182. The third-order valence-electron chi connectivity index (χ3n) is 4.44. The van der Waals surface area contributed by atoms with E-state index in [1.807, 2.05) is 0 Å². The number of methoxy groups -OCH3 is 1. The van der Waals surface area contributed by atoms with Crippen molar-refractivity contribution < 1.29 is 27.9 Å². The van der Waals surface area contributed by atoms with Crippen molar-refractivity contribution in [3.05, 3.63) is 82.4 Å². The van der Waals surface area contributed by atoms with Crippen LogP contribution in [0.25, 0.3) is 0 Å². The van der Waals surface area contributed by atoms with Crippen molar-refractivity contribution in [1.29, 1.82) is 0 Å². The van der Waals surface area contributed by atoms with Gasteiger partial charge in [-0.2, -0.15) is 0 Å². The molecule has 0 fully saturated rings. The van der Waals surface area contributed by atoms with E-state index < -0.39 is 35.5 Å². The Balaban J connectivity index is 1.63. The largest absolute Gasteiger partial charge is 0.469 e. The van der Waals surface area contributed by atoms with E-state index in [0.717, 1.165) is 11.3 Å². The highest BCUT2D eigenvalue weighted by Gasteiger charge is 2.20. The number of anilines is 1. The molecule has 0 saturated heterocycles. The van der Waals surface area contributed by atoms with E-state index >= 15 is 0 Å². The van der Waals surface area contributed by atoms with Gasteiger partial charge in [0.05, 0.1) is 37.3 Å². The standard InChI is InChI=1S/C22H19F2N3O4S/c1-31-20(29)11-18(13-6-8-14(23)9-7-13)26-19(28)10-15-12-32-22(25-15)27-21(30)16-4-2-3-5-17(16)24/h2-9,12,18H,10-11H2,1H3,(H,26,28)(H,25,27,30). The first kappa shape index (κ1) is 23.0. The zero-order chi connectivity index (χ0) is 23.1. The van der Waals surface area contributed by atoms with Gasteiger partial charge in [0.25, 0.3) is 5.91 Å². The van der Waals surface area contributed by atoms with E-state index in [1.165, 1.54) is 49.6 Å². The summed E-state index contributed by atoms with van der Waals surface area (Å²) in [4.78, 5) is 40.6. The predicted octanol–water partition coefficient (Wildman–Crippen LogP) is 3.64. The fourth-order valence-electron chi connectivity index (χ4n) is 2.86. The summed E-state index contributed by atoms with van der Waals surface area (Å²) in [5.74, 6) is -2.71. The van der Waals surface area contributed by atoms with Crippen LogP contribution in [0, 0.1) is 11.6 Å². The number of aromatic nitrogens is 1. The van der Waals surface area contributed by atoms with Gasteiger partial charge in [-0.1, -0.05) is 24.3 Å². The van der Waals surface area contributed by atoms with E-state index in [4.69, 9.17) is 0 Å². The molecular formula is C22H19F2N3O4S. The van der Waals surface area contributed by atoms with Crippen LogP contribution in [0.1, 0.15) is 34.1 Å². The first-order valence-corrected chi connectivity index (χ1v) is 10.4. The smallest absolute Gasteiger partial charge is 0.307 e. The maximum absolute atomic E-state index is 13.7. The maximum atomic E-state index is 13.7. The number of carbonyl (C=O) groups excluding carboxylic acids is 3. The highest BCUT2D eigenvalue weighted by Crippen LogP contribution is 2.20. The van der Waals surface area contributed by atoms with Crippen molar-refractivity contribution in [2.75, 3.05) is 12.4 Å². The molecule has 2 aromatic carbocycles. The molecule has 166 valence electrons. The van der Waals surface area contributed by atoms with Gasteiger partial charge in [0.1, 0.15) is 11.6 Å². The van der Waals surface area contributed by atoms with Crippen LogP contribution < -0.4 is 10.6 Å². The summed E-state index contributed by atoms with van der Waals surface area (Å²) in [6, 6.07) is 10.3. The fourth-order valence-corrected chi connectivity index (χ4v) is 3.57. The number of nitrogens with zero attached hydrogens (tertiary/aromatic N) is 1. The Morgan fingerprint density at radius 2 is 1.81 bits per heavy atom. The van der Waals surface area contributed by atoms with Crippen LogP contribution in [-0.2, 0) is 20.7 Å². The van der Waals surface area contributed by atoms with Crippen LogP contribution in [0.5, 0.6) is 0 Å². The lowest BCUT2D eigenvalue weighted by atomic mass is 10.0. The van der Waals surface area contributed by atoms with Crippen molar-refractivity contribution in [1.82, 2.24) is 10.3 Å². The molecule has 10 heteroatoms. The van der Waals surface area contributed by atoms with Gasteiger partial charge in [0.2, 0.25) is 5.91 Å². The number of ether oxygens (including phenoxy) is 1. The molecule has 1 aromatic heterocycles. The second-order valence-electron chi connectivity index (χ2n) is 6.71. The summed E-state index contributed by atoms with van der Waals surface area (Å²) in [5.41, 5.74) is 0.806. The number of rotatable bonds is 8. The zero-order valence-corrected chi connectivity index (χ0v) is 17.7. The second kappa shape index (κ2) is 10.6. The van der Waals surface area contributed by atoms with Gasteiger partial charge in [-0.15, -0.1) is 11.3 Å². The molecule has 1 atom stereocenters. The number of nitrogens with one attached hydrogen (secondary N) is 2. The minimum absolute atomic E-state index is 0.119. The molecule has 0 radical (unpaired) electrons. The van der Waals surface area contributed by atoms with Crippen molar-refractivity contribution in [3.63, 3.8) is 0 Å². The summed E-state index contributed by atoms with van der Waals surface area (Å²) >= 11 is 1.09. The molecule has 0 aliphatic heterocycles. The Morgan fingerprint density at radius 3 is 2.50 bits per heavy atom. The predicted molar refractivity (Wildman–Crippen MR) is 114 cm³/mol. The quantitative estimate of drug-likeness (QED) is 0.502. The summed E-state index contributed by atoms with van der Waals surface area (Å²) in [6.45, 7) is 0. The van der Waals surface area contributed by atoms with E-state index in [1.54, 1.807) is 11.4 Å². The van der Waals surface area contributed by atoms with Crippen LogP contribution in [0.2, 0.25) is 0 Å². The third-order valence-corrected chi connectivity index (χ3v) is 5.24. The molecule has 0 spiro atoms. The molecule has 0 aliphatic carbocycles. The molecule has 1 unspecified atom stereocenters. The van der Waals surface area contributed by atoms with E-state index in [-0.39, 0.29) is 23.5 Å². The van der Waals surface area contributed by atoms with Gasteiger partial charge in [0.15, 0.2) is 5.13 Å². The molecule has 2 N–H and O–H groups in total. The van der Waals surface area contributed by atoms with Crippen LogP contribution >= 0.6 is 11.3 Å². The van der Waals surface area contributed by atoms with Gasteiger partial charge >= 0.3 is 5.97 Å². The third kappa shape index (κ3) is 6.17.